The van der Waals surface area contributed by atoms with E-state index < -0.39 is 11.6 Å². The lowest BCUT2D eigenvalue weighted by molar-refractivity contribution is 0.580. The quantitative estimate of drug-likeness (QED) is 0.771. The molecular weight excluding hydrogens is 294 g/mol. The molecule has 1 aliphatic rings. The van der Waals surface area contributed by atoms with Crippen LogP contribution in [0, 0.1) is 11.6 Å². The normalized spacial score (nSPS) is 15.6. The van der Waals surface area contributed by atoms with Crippen LogP contribution in [0.4, 0.5) is 8.78 Å². The van der Waals surface area contributed by atoms with Crippen molar-refractivity contribution < 1.29 is 8.78 Å². The van der Waals surface area contributed by atoms with Crippen molar-refractivity contribution in [3.05, 3.63) is 58.1 Å². The van der Waals surface area contributed by atoms with Crippen LogP contribution in [0.15, 0.2) is 24.3 Å². The molecule has 1 aromatic heterocycles. The van der Waals surface area contributed by atoms with Gasteiger partial charge in [0.25, 0.3) is 0 Å². The van der Waals surface area contributed by atoms with E-state index in [1.54, 1.807) is 6.07 Å². The summed E-state index contributed by atoms with van der Waals surface area (Å²) in [6, 6.07) is 5.24. The van der Waals surface area contributed by atoms with Gasteiger partial charge in [-0.1, -0.05) is 24.4 Å². The van der Waals surface area contributed by atoms with E-state index in [1.807, 2.05) is 0 Å². The standard InChI is InChI=1S/C16H15ClF2N2/c17-15-9-14(11-3-1-2-4-11)20-16(21-15)7-10-5-12(18)8-13(19)6-10/h5-6,8-9,11H,1-4,7H2. The Balaban J connectivity index is 1.87. The molecule has 2 aromatic rings. The minimum absolute atomic E-state index is 0.273. The van der Waals surface area contributed by atoms with Crippen LogP contribution in [-0.4, -0.2) is 9.97 Å². The van der Waals surface area contributed by atoms with Crippen molar-refractivity contribution in [3.63, 3.8) is 0 Å². The highest BCUT2D eigenvalue weighted by Gasteiger charge is 2.19. The van der Waals surface area contributed by atoms with Gasteiger partial charge in [0.2, 0.25) is 0 Å². The fourth-order valence-electron chi connectivity index (χ4n) is 2.89. The molecule has 1 aromatic carbocycles. The summed E-state index contributed by atoms with van der Waals surface area (Å²) in [6.45, 7) is 0. The second-order valence-electron chi connectivity index (χ2n) is 5.47. The second-order valence-corrected chi connectivity index (χ2v) is 5.85. The SMILES string of the molecule is Fc1cc(F)cc(Cc2nc(Cl)cc(C3CCCC3)n2)c1. The average molecular weight is 309 g/mol. The molecule has 2 nitrogen and oxygen atoms in total. The Morgan fingerprint density at radius 1 is 1.00 bits per heavy atom. The molecule has 0 N–H and O–H groups in total. The molecule has 3 rings (SSSR count). The molecule has 0 bridgehead atoms. The van der Waals surface area contributed by atoms with Gasteiger partial charge < -0.3 is 0 Å². The molecule has 1 saturated carbocycles. The molecule has 110 valence electrons. The number of halogens is 3. The van der Waals surface area contributed by atoms with Crippen LogP contribution in [0.1, 0.15) is 48.7 Å². The Hall–Kier alpha value is -1.55. The number of benzene rings is 1. The Bertz CT molecular complexity index is 634. The summed E-state index contributed by atoms with van der Waals surface area (Å²) in [7, 11) is 0. The predicted molar refractivity (Wildman–Crippen MR) is 77.4 cm³/mol. The first-order chi connectivity index (χ1) is 10.1. The zero-order chi connectivity index (χ0) is 14.8. The highest BCUT2D eigenvalue weighted by molar-refractivity contribution is 6.29. The number of aromatic nitrogens is 2. The van der Waals surface area contributed by atoms with Gasteiger partial charge in [-0.05, 0) is 36.6 Å². The van der Waals surface area contributed by atoms with Gasteiger partial charge in [-0.2, -0.15) is 0 Å². The van der Waals surface area contributed by atoms with Crippen molar-refractivity contribution in [2.75, 3.05) is 0 Å². The van der Waals surface area contributed by atoms with Crippen molar-refractivity contribution in [2.45, 2.75) is 38.0 Å². The number of rotatable bonds is 3. The van der Waals surface area contributed by atoms with Gasteiger partial charge in [0.15, 0.2) is 0 Å². The second kappa shape index (κ2) is 6.06. The molecular formula is C16H15ClF2N2. The van der Waals surface area contributed by atoms with Gasteiger partial charge >= 0.3 is 0 Å². The van der Waals surface area contributed by atoms with Gasteiger partial charge in [0.05, 0.1) is 0 Å². The third-order valence-electron chi connectivity index (χ3n) is 3.82. The van der Waals surface area contributed by atoms with Crippen molar-refractivity contribution in [3.8, 4) is 0 Å². The lowest BCUT2D eigenvalue weighted by Gasteiger charge is -2.10. The summed E-state index contributed by atoms with van der Waals surface area (Å²) in [5.41, 5.74) is 1.45. The topological polar surface area (TPSA) is 25.8 Å². The Morgan fingerprint density at radius 2 is 1.67 bits per heavy atom. The maximum atomic E-state index is 13.2. The lowest BCUT2D eigenvalue weighted by Crippen LogP contribution is -2.04. The maximum Gasteiger partial charge on any atom is 0.134 e. The zero-order valence-corrected chi connectivity index (χ0v) is 12.2. The fourth-order valence-corrected chi connectivity index (χ4v) is 3.10. The summed E-state index contributed by atoms with van der Waals surface area (Å²) in [5.74, 6) is -0.256. The molecule has 0 unspecified atom stereocenters. The summed E-state index contributed by atoms with van der Waals surface area (Å²) in [4.78, 5) is 8.70. The Morgan fingerprint density at radius 3 is 2.33 bits per heavy atom. The van der Waals surface area contributed by atoms with Crippen LogP contribution in [0.2, 0.25) is 5.15 Å². The third-order valence-corrected chi connectivity index (χ3v) is 4.01. The third kappa shape index (κ3) is 3.56. The fraction of sp³-hybridized carbons (Fsp3) is 0.375. The lowest BCUT2D eigenvalue weighted by atomic mass is 10.0. The number of nitrogens with zero attached hydrogens (tertiary/aromatic N) is 2. The molecule has 21 heavy (non-hydrogen) atoms. The first kappa shape index (κ1) is 14.4. The smallest absolute Gasteiger partial charge is 0.134 e. The summed E-state index contributed by atoms with van der Waals surface area (Å²) in [5, 5.41) is 0.388. The van der Waals surface area contributed by atoms with E-state index in [-0.39, 0.29) is 6.42 Å². The first-order valence-electron chi connectivity index (χ1n) is 7.08. The van der Waals surface area contributed by atoms with Gasteiger partial charge in [-0.25, -0.2) is 18.7 Å². The maximum absolute atomic E-state index is 13.2. The van der Waals surface area contributed by atoms with Crippen molar-refractivity contribution in [1.29, 1.82) is 0 Å². The number of hydrogen-bond donors (Lipinski definition) is 0. The highest BCUT2D eigenvalue weighted by atomic mass is 35.5. The largest absolute Gasteiger partial charge is 0.237 e. The molecule has 0 radical (unpaired) electrons. The van der Waals surface area contributed by atoms with Crippen LogP contribution >= 0.6 is 11.6 Å². The molecule has 0 spiro atoms. The van der Waals surface area contributed by atoms with E-state index in [1.165, 1.54) is 25.0 Å². The van der Waals surface area contributed by atoms with E-state index >= 15 is 0 Å². The Labute approximate surface area is 127 Å². The minimum Gasteiger partial charge on any atom is -0.237 e. The van der Waals surface area contributed by atoms with E-state index in [0.29, 0.717) is 22.5 Å². The molecule has 0 aliphatic heterocycles. The highest BCUT2D eigenvalue weighted by Crippen LogP contribution is 2.33. The van der Waals surface area contributed by atoms with Crippen LogP contribution in [0.3, 0.4) is 0 Å². The van der Waals surface area contributed by atoms with E-state index in [9.17, 15) is 8.78 Å². The predicted octanol–water partition coefficient (Wildman–Crippen LogP) is 4.66. The summed E-state index contributed by atoms with van der Waals surface area (Å²) < 4.78 is 26.5. The summed E-state index contributed by atoms with van der Waals surface area (Å²) >= 11 is 6.06. The van der Waals surface area contributed by atoms with Gasteiger partial charge in [0, 0.05) is 24.1 Å². The molecule has 0 amide bonds. The molecule has 0 saturated heterocycles. The van der Waals surface area contributed by atoms with Crippen LogP contribution < -0.4 is 0 Å². The van der Waals surface area contributed by atoms with Gasteiger partial charge in [0.1, 0.15) is 22.6 Å². The van der Waals surface area contributed by atoms with Crippen LogP contribution in [-0.2, 0) is 6.42 Å². The molecule has 5 heteroatoms. The van der Waals surface area contributed by atoms with E-state index in [2.05, 4.69) is 9.97 Å². The van der Waals surface area contributed by atoms with Crippen molar-refractivity contribution >= 4 is 11.6 Å². The first-order valence-corrected chi connectivity index (χ1v) is 7.46. The van der Waals surface area contributed by atoms with E-state index in [4.69, 9.17) is 11.6 Å². The average Bonchev–Trinajstić information content (AvgIpc) is 2.90. The van der Waals surface area contributed by atoms with Crippen LogP contribution in [0.25, 0.3) is 0 Å². The van der Waals surface area contributed by atoms with Gasteiger partial charge in [-0.3, -0.25) is 0 Å². The van der Waals surface area contributed by atoms with Crippen molar-refractivity contribution in [1.82, 2.24) is 9.97 Å². The molecule has 1 fully saturated rings. The number of hydrogen-bond acceptors (Lipinski definition) is 2. The zero-order valence-electron chi connectivity index (χ0n) is 11.5. The molecule has 1 aliphatic carbocycles. The van der Waals surface area contributed by atoms with Crippen molar-refractivity contribution in [2.24, 2.45) is 0 Å². The van der Waals surface area contributed by atoms with E-state index in [0.717, 1.165) is 24.6 Å². The monoisotopic (exact) mass is 308 g/mol. The summed E-state index contributed by atoms with van der Waals surface area (Å²) in [6.07, 6.45) is 4.91. The minimum atomic E-state index is -0.594. The van der Waals surface area contributed by atoms with Crippen LogP contribution in [0.5, 0.6) is 0 Å². The molecule has 1 heterocycles. The van der Waals surface area contributed by atoms with Gasteiger partial charge in [-0.15, -0.1) is 0 Å². The Kier molecular flexibility index (Phi) is 4.15. The molecule has 0 atom stereocenters.